The maximum Gasteiger partial charge on any atom is 0.325 e. The monoisotopic (exact) mass is 501 g/mol. The number of fused-ring (bicyclic) bond motifs is 4. The molecular weight excluding hydrogens is 470 g/mol. The van der Waals surface area contributed by atoms with Crippen LogP contribution in [0.1, 0.15) is 36.6 Å². The fourth-order valence-electron chi connectivity index (χ4n) is 5.34. The summed E-state index contributed by atoms with van der Waals surface area (Å²) in [5.41, 5.74) is 2.64. The van der Waals surface area contributed by atoms with Gasteiger partial charge in [0, 0.05) is 17.3 Å². The number of hydrogen-bond acceptors (Lipinski definition) is 5. The first kappa shape index (κ1) is 24.5. The van der Waals surface area contributed by atoms with Crippen molar-refractivity contribution in [1.29, 1.82) is 0 Å². The number of ether oxygens (including phenoxy) is 3. The van der Waals surface area contributed by atoms with Crippen molar-refractivity contribution in [3.05, 3.63) is 77.4 Å². The molecule has 3 atom stereocenters. The van der Waals surface area contributed by atoms with Crippen LogP contribution < -0.4 is 29.7 Å². The third kappa shape index (κ3) is 4.12. The average molecular weight is 502 g/mol. The highest BCUT2D eigenvalue weighted by Crippen LogP contribution is 2.52. The van der Waals surface area contributed by atoms with E-state index in [4.69, 9.17) is 14.2 Å². The van der Waals surface area contributed by atoms with Crippen molar-refractivity contribution >= 4 is 23.3 Å². The zero-order valence-corrected chi connectivity index (χ0v) is 21.6. The number of rotatable bonds is 6. The van der Waals surface area contributed by atoms with Gasteiger partial charge in [0.1, 0.15) is 11.7 Å². The van der Waals surface area contributed by atoms with E-state index >= 15 is 0 Å². The molecule has 8 nitrogen and oxygen atoms in total. The van der Waals surface area contributed by atoms with E-state index in [2.05, 4.69) is 10.6 Å². The maximum absolute atomic E-state index is 14.0. The summed E-state index contributed by atoms with van der Waals surface area (Å²) in [6.45, 7) is 8.08. The van der Waals surface area contributed by atoms with E-state index in [0.29, 0.717) is 40.8 Å². The van der Waals surface area contributed by atoms with Crippen LogP contribution in [0, 0.1) is 19.8 Å². The van der Waals surface area contributed by atoms with Gasteiger partial charge in [0.25, 0.3) is 0 Å². The number of amides is 3. The summed E-state index contributed by atoms with van der Waals surface area (Å²) in [6, 6.07) is 17.5. The van der Waals surface area contributed by atoms with E-state index in [1.807, 2.05) is 57.2 Å². The lowest BCUT2D eigenvalue weighted by Gasteiger charge is -2.54. The summed E-state index contributed by atoms with van der Waals surface area (Å²) < 4.78 is 17.9. The molecule has 0 radical (unpaired) electrons. The molecule has 2 bridgehead atoms. The molecule has 0 aliphatic carbocycles. The highest BCUT2D eigenvalue weighted by Gasteiger charge is 2.60. The molecule has 8 heteroatoms. The minimum absolute atomic E-state index is 0.264. The Morgan fingerprint density at radius 3 is 2.65 bits per heavy atom. The number of para-hydroxylation sites is 1. The fraction of sp³-hybridized carbons (Fsp3) is 0.310. The van der Waals surface area contributed by atoms with Gasteiger partial charge in [-0.3, -0.25) is 9.69 Å². The summed E-state index contributed by atoms with van der Waals surface area (Å²) >= 11 is 0. The van der Waals surface area contributed by atoms with Crippen LogP contribution in [0.3, 0.4) is 0 Å². The van der Waals surface area contributed by atoms with Crippen molar-refractivity contribution < 1.29 is 23.8 Å². The lowest BCUT2D eigenvalue weighted by Crippen LogP contribution is -2.72. The number of carbonyl (C=O) groups excluding carboxylic acids is 2. The highest BCUT2D eigenvalue weighted by molar-refractivity contribution is 6.02. The predicted octanol–water partition coefficient (Wildman–Crippen LogP) is 5.35. The number of aryl methyl sites for hydroxylation is 2. The van der Waals surface area contributed by atoms with Gasteiger partial charge in [0.2, 0.25) is 11.6 Å². The number of urea groups is 1. The van der Waals surface area contributed by atoms with Crippen molar-refractivity contribution in [2.24, 2.45) is 5.92 Å². The Hall–Kier alpha value is -4.20. The second kappa shape index (κ2) is 9.35. The van der Waals surface area contributed by atoms with Crippen molar-refractivity contribution in [2.45, 2.75) is 39.5 Å². The van der Waals surface area contributed by atoms with E-state index in [-0.39, 0.29) is 11.9 Å². The molecule has 1 saturated heterocycles. The zero-order valence-electron chi connectivity index (χ0n) is 21.6. The van der Waals surface area contributed by atoms with Crippen LogP contribution in [0.4, 0.5) is 16.2 Å². The zero-order chi connectivity index (χ0) is 26.3. The van der Waals surface area contributed by atoms with Crippen molar-refractivity contribution in [3.8, 4) is 17.2 Å². The van der Waals surface area contributed by atoms with E-state index < -0.39 is 17.7 Å². The molecule has 37 heavy (non-hydrogen) atoms. The molecule has 0 unspecified atom stereocenters. The van der Waals surface area contributed by atoms with Gasteiger partial charge in [-0.05, 0) is 57.5 Å². The Balaban J connectivity index is 1.65. The number of hydrogen-bond donors (Lipinski definition) is 2. The van der Waals surface area contributed by atoms with Crippen molar-refractivity contribution in [3.63, 3.8) is 0 Å². The van der Waals surface area contributed by atoms with Gasteiger partial charge in [-0.15, -0.1) is 0 Å². The minimum atomic E-state index is -1.37. The quantitative estimate of drug-likeness (QED) is 0.476. The standard InChI is InChI=1S/C29H31N3O5/c1-6-36-23-12-8-11-21-25-24(27(33)30-22-14-13-17(2)15-18(22)3)29(4,37-26(21)23)32(28(34)31-25)19-9-7-10-20(16-19)35-5/h7-16,24-25H,6H2,1-5H3,(H,30,33)(H,31,34)/t24-,25-,29-/m1/s1. The molecule has 1 fully saturated rings. The SMILES string of the molecule is CCOc1cccc2c1O[C@]1(C)[C@@H](C(=O)Nc3ccc(C)cc3C)[C@@H]2NC(=O)N1c1cccc(OC)c1. The number of nitrogens with zero attached hydrogens (tertiary/aromatic N) is 1. The molecule has 2 aliphatic rings. The van der Waals surface area contributed by atoms with Crippen molar-refractivity contribution in [1.82, 2.24) is 5.32 Å². The van der Waals surface area contributed by atoms with Crippen LogP contribution >= 0.6 is 0 Å². The maximum atomic E-state index is 14.0. The van der Waals surface area contributed by atoms with Crippen LogP contribution in [0.15, 0.2) is 60.7 Å². The molecule has 3 amide bonds. The molecule has 0 spiro atoms. The molecule has 5 rings (SSSR count). The Kier molecular flexibility index (Phi) is 6.19. The molecule has 0 saturated carbocycles. The van der Waals surface area contributed by atoms with Gasteiger partial charge in [-0.2, -0.15) is 0 Å². The summed E-state index contributed by atoms with van der Waals surface area (Å²) in [5, 5.41) is 6.16. The molecule has 0 aromatic heterocycles. The van der Waals surface area contributed by atoms with Gasteiger partial charge >= 0.3 is 6.03 Å². The lowest BCUT2D eigenvalue weighted by atomic mass is 9.78. The third-order valence-electron chi connectivity index (χ3n) is 7.02. The average Bonchev–Trinajstić information content (AvgIpc) is 2.86. The van der Waals surface area contributed by atoms with Gasteiger partial charge in [0.05, 0.1) is 25.4 Å². The van der Waals surface area contributed by atoms with Crippen LogP contribution in [0.5, 0.6) is 17.2 Å². The number of benzene rings is 3. The van der Waals surface area contributed by atoms with Gasteiger partial charge in [0.15, 0.2) is 11.5 Å². The van der Waals surface area contributed by atoms with Gasteiger partial charge in [-0.1, -0.05) is 35.9 Å². The lowest BCUT2D eigenvalue weighted by molar-refractivity contribution is -0.131. The summed E-state index contributed by atoms with van der Waals surface area (Å²) in [5.74, 6) is 0.603. The number of carbonyl (C=O) groups is 2. The summed E-state index contributed by atoms with van der Waals surface area (Å²) in [7, 11) is 1.56. The first-order chi connectivity index (χ1) is 17.8. The second-order valence-electron chi connectivity index (χ2n) is 9.51. The molecule has 3 aromatic rings. The number of nitrogens with one attached hydrogen (secondary N) is 2. The fourth-order valence-corrected chi connectivity index (χ4v) is 5.34. The second-order valence-corrected chi connectivity index (χ2v) is 9.51. The Morgan fingerprint density at radius 1 is 1.14 bits per heavy atom. The van der Waals surface area contributed by atoms with Gasteiger partial charge in [-0.25, -0.2) is 4.79 Å². The molecule has 2 N–H and O–H groups in total. The number of anilines is 2. The predicted molar refractivity (Wildman–Crippen MR) is 141 cm³/mol. The van der Waals surface area contributed by atoms with Crippen LogP contribution in [0.2, 0.25) is 0 Å². The summed E-state index contributed by atoms with van der Waals surface area (Å²) in [4.78, 5) is 29.1. The van der Waals surface area contributed by atoms with E-state index in [0.717, 1.165) is 11.1 Å². The molecule has 3 aromatic carbocycles. The first-order valence-electron chi connectivity index (χ1n) is 12.3. The summed E-state index contributed by atoms with van der Waals surface area (Å²) in [6.07, 6.45) is 0. The molecule has 2 aliphatic heterocycles. The highest BCUT2D eigenvalue weighted by atomic mass is 16.5. The smallest absolute Gasteiger partial charge is 0.325 e. The topological polar surface area (TPSA) is 89.1 Å². The Bertz CT molecular complexity index is 1370. The number of methoxy groups -OCH3 is 1. The Labute approximate surface area is 216 Å². The Morgan fingerprint density at radius 2 is 1.92 bits per heavy atom. The molecular formula is C29H31N3O5. The van der Waals surface area contributed by atoms with E-state index in [9.17, 15) is 9.59 Å². The molecule has 2 heterocycles. The first-order valence-corrected chi connectivity index (χ1v) is 12.3. The van der Waals surface area contributed by atoms with E-state index in [1.165, 1.54) is 4.90 Å². The van der Waals surface area contributed by atoms with Gasteiger partial charge < -0.3 is 24.8 Å². The third-order valence-corrected chi connectivity index (χ3v) is 7.02. The normalized spacial score (nSPS) is 21.9. The largest absolute Gasteiger partial charge is 0.497 e. The van der Waals surface area contributed by atoms with E-state index in [1.54, 1.807) is 38.3 Å². The molecule has 192 valence electrons. The van der Waals surface area contributed by atoms with Crippen molar-refractivity contribution in [2.75, 3.05) is 23.9 Å². The van der Waals surface area contributed by atoms with Crippen LogP contribution in [-0.4, -0.2) is 31.4 Å². The van der Waals surface area contributed by atoms with Crippen LogP contribution in [0.25, 0.3) is 0 Å². The minimum Gasteiger partial charge on any atom is -0.497 e. The van der Waals surface area contributed by atoms with Crippen LogP contribution in [-0.2, 0) is 4.79 Å².